The summed E-state index contributed by atoms with van der Waals surface area (Å²) in [5, 5.41) is 29.6. The average molecular weight is 369 g/mol. The van der Waals surface area contributed by atoms with Crippen LogP contribution in [0, 0.1) is 0 Å². The van der Waals surface area contributed by atoms with E-state index in [0.717, 1.165) is 6.07 Å². The largest absolute Gasteiger partial charge is 0.507 e. The molecule has 136 valence electrons. The molecule has 0 saturated carbocycles. The van der Waals surface area contributed by atoms with E-state index in [0.29, 0.717) is 12.8 Å². The Labute approximate surface area is 150 Å². The Morgan fingerprint density at radius 2 is 1.96 bits per heavy atom. The summed E-state index contributed by atoms with van der Waals surface area (Å²) in [5.74, 6) is -1.96. The number of hydrogen-bond acceptors (Lipinski definition) is 6. The number of aliphatic hydroxyl groups excluding tert-OH is 1. The molecule has 0 radical (unpaired) electrons. The van der Waals surface area contributed by atoms with Gasteiger partial charge in [0.05, 0.1) is 11.1 Å². The first-order valence-corrected chi connectivity index (χ1v) is 8.48. The molecular formula is C18H21ClO6. The lowest BCUT2D eigenvalue weighted by molar-refractivity contribution is -0.118. The number of aliphatic hydroxyl groups is 1. The molecule has 0 amide bonds. The predicted octanol–water partition coefficient (Wildman–Crippen LogP) is 2.90. The van der Waals surface area contributed by atoms with Gasteiger partial charge in [-0.15, -0.1) is 0 Å². The van der Waals surface area contributed by atoms with E-state index in [-0.39, 0.29) is 41.2 Å². The predicted molar refractivity (Wildman–Crippen MR) is 92.0 cm³/mol. The van der Waals surface area contributed by atoms with Gasteiger partial charge >= 0.3 is 5.97 Å². The average Bonchev–Trinajstić information content (AvgIpc) is 2.50. The number of esters is 1. The number of allylic oxidation sites excluding steroid dienone is 1. The maximum atomic E-state index is 12.4. The molecule has 0 aromatic heterocycles. The summed E-state index contributed by atoms with van der Waals surface area (Å²) >= 11 is 6.05. The van der Waals surface area contributed by atoms with Crippen LogP contribution in [0.25, 0.3) is 0 Å². The zero-order chi connectivity index (χ0) is 18.6. The van der Waals surface area contributed by atoms with Gasteiger partial charge in [0.1, 0.15) is 28.9 Å². The molecule has 2 atom stereocenters. The summed E-state index contributed by atoms with van der Waals surface area (Å²) in [6.07, 6.45) is 3.47. The van der Waals surface area contributed by atoms with Crippen molar-refractivity contribution in [3.05, 3.63) is 34.4 Å². The van der Waals surface area contributed by atoms with Gasteiger partial charge in [-0.3, -0.25) is 4.79 Å². The second-order valence-corrected chi connectivity index (χ2v) is 6.52. The maximum absolute atomic E-state index is 12.4. The number of carbonyl (C=O) groups is 2. The SMILES string of the molecule is CC1CC(O)C=CCCCC(=O)Cc2c(Cl)c(O)cc(O)c2C(=O)O1. The van der Waals surface area contributed by atoms with Gasteiger partial charge in [0.25, 0.3) is 0 Å². The molecule has 1 aromatic rings. The third-order valence-electron chi connectivity index (χ3n) is 3.97. The molecule has 1 heterocycles. The van der Waals surface area contributed by atoms with Crippen molar-refractivity contribution in [3.8, 4) is 11.5 Å². The maximum Gasteiger partial charge on any atom is 0.342 e. The van der Waals surface area contributed by atoms with Crippen molar-refractivity contribution in [2.45, 2.75) is 51.2 Å². The first-order chi connectivity index (χ1) is 11.8. The Morgan fingerprint density at radius 3 is 2.68 bits per heavy atom. The molecule has 25 heavy (non-hydrogen) atoms. The van der Waals surface area contributed by atoms with Crippen molar-refractivity contribution in [3.63, 3.8) is 0 Å². The summed E-state index contributed by atoms with van der Waals surface area (Å²) in [5.41, 5.74) is -0.181. The molecular weight excluding hydrogens is 348 g/mol. The molecule has 2 rings (SSSR count). The summed E-state index contributed by atoms with van der Waals surface area (Å²) in [6, 6.07) is 0.943. The number of carbonyl (C=O) groups excluding carboxylic acids is 2. The quantitative estimate of drug-likeness (QED) is 0.480. The number of ketones is 1. The van der Waals surface area contributed by atoms with Crippen LogP contribution in [0.5, 0.6) is 11.5 Å². The van der Waals surface area contributed by atoms with Crippen LogP contribution in [0.1, 0.15) is 48.5 Å². The minimum absolute atomic E-state index is 0.0505. The van der Waals surface area contributed by atoms with Crippen LogP contribution < -0.4 is 0 Å². The van der Waals surface area contributed by atoms with E-state index in [1.54, 1.807) is 19.1 Å². The van der Waals surface area contributed by atoms with E-state index in [2.05, 4.69) is 0 Å². The van der Waals surface area contributed by atoms with Gasteiger partial charge in [0, 0.05) is 30.9 Å². The Hall–Kier alpha value is -2.05. The lowest BCUT2D eigenvalue weighted by Crippen LogP contribution is -2.22. The first kappa shape index (κ1) is 19.3. The topological polar surface area (TPSA) is 104 Å². The van der Waals surface area contributed by atoms with E-state index in [9.17, 15) is 24.9 Å². The zero-order valence-corrected chi connectivity index (χ0v) is 14.6. The second kappa shape index (κ2) is 8.36. The zero-order valence-electron chi connectivity index (χ0n) is 13.9. The van der Waals surface area contributed by atoms with Crippen LogP contribution in [-0.4, -0.2) is 39.3 Å². The van der Waals surface area contributed by atoms with E-state index in [1.807, 2.05) is 0 Å². The molecule has 2 unspecified atom stereocenters. The molecule has 1 aliphatic heterocycles. The van der Waals surface area contributed by atoms with Crippen LogP contribution in [-0.2, 0) is 16.0 Å². The number of phenolic OH excluding ortho intramolecular Hbond substituents is 2. The number of rotatable bonds is 0. The van der Waals surface area contributed by atoms with Crippen molar-refractivity contribution < 1.29 is 29.6 Å². The standard InChI is InChI=1S/C18H21ClO6/c1-10-7-11(20)5-3-2-4-6-12(21)8-13-16(18(24)25-10)14(22)9-15(23)17(13)19/h3,5,9-11,20,22-23H,2,4,6-8H2,1H3. The summed E-state index contributed by atoms with van der Waals surface area (Å²) < 4.78 is 5.26. The van der Waals surface area contributed by atoms with E-state index in [1.165, 1.54) is 0 Å². The van der Waals surface area contributed by atoms with Gasteiger partial charge in [-0.25, -0.2) is 4.79 Å². The van der Waals surface area contributed by atoms with E-state index < -0.39 is 29.7 Å². The minimum atomic E-state index is -0.858. The van der Waals surface area contributed by atoms with Crippen molar-refractivity contribution >= 4 is 23.4 Å². The summed E-state index contributed by atoms with van der Waals surface area (Å²) in [4.78, 5) is 24.6. The fraction of sp³-hybridized carbons (Fsp3) is 0.444. The van der Waals surface area contributed by atoms with Crippen molar-refractivity contribution in [2.24, 2.45) is 0 Å². The Balaban J connectivity index is 2.43. The molecule has 0 fully saturated rings. The van der Waals surface area contributed by atoms with Gasteiger partial charge in [-0.2, -0.15) is 0 Å². The molecule has 0 bridgehead atoms. The van der Waals surface area contributed by atoms with Gasteiger partial charge in [-0.05, 0) is 19.8 Å². The number of hydrogen-bond donors (Lipinski definition) is 3. The van der Waals surface area contributed by atoms with Crippen LogP contribution in [0.2, 0.25) is 5.02 Å². The van der Waals surface area contributed by atoms with Crippen LogP contribution in [0.15, 0.2) is 18.2 Å². The number of cyclic esters (lactones) is 1. The monoisotopic (exact) mass is 368 g/mol. The highest BCUT2D eigenvalue weighted by Gasteiger charge is 2.26. The van der Waals surface area contributed by atoms with Crippen LogP contribution in [0.4, 0.5) is 0 Å². The van der Waals surface area contributed by atoms with Gasteiger partial charge < -0.3 is 20.1 Å². The Kier molecular flexibility index (Phi) is 6.45. The number of halogens is 1. The van der Waals surface area contributed by atoms with Crippen molar-refractivity contribution in [1.82, 2.24) is 0 Å². The molecule has 6 nitrogen and oxygen atoms in total. The Morgan fingerprint density at radius 1 is 1.24 bits per heavy atom. The second-order valence-electron chi connectivity index (χ2n) is 6.14. The highest BCUT2D eigenvalue weighted by atomic mass is 35.5. The van der Waals surface area contributed by atoms with Crippen LogP contribution in [0.3, 0.4) is 0 Å². The lowest BCUT2D eigenvalue weighted by Gasteiger charge is -2.18. The fourth-order valence-electron chi connectivity index (χ4n) is 2.74. The van der Waals surface area contributed by atoms with Crippen molar-refractivity contribution in [2.75, 3.05) is 0 Å². The molecule has 0 spiro atoms. The number of phenols is 2. The summed E-state index contributed by atoms with van der Waals surface area (Å²) in [7, 11) is 0. The van der Waals surface area contributed by atoms with Crippen LogP contribution >= 0.6 is 11.6 Å². The van der Waals surface area contributed by atoms with Gasteiger partial charge in [-0.1, -0.05) is 23.8 Å². The third-order valence-corrected chi connectivity index (χ3v) is 4.39. The normalized spacial score (nSPS) is 22.8. The van der Waals surface area contributed by atoms with Crippen molar-refractivity contribution in [1.29, 1.82) is 0 Å². The highest BCUT2D eigenvalue weighted by Crippen LogP contribution is 2.37. The number of benzene rings is 1. The van der Waals surface area contributed by atoms with E-state index >= 15 is 0 Å². The molecule has 1 aromatic carbocycles. The fourth-order valence-corrected chi connectivity index (χ4v) is 2.96. The molecule has 3 N–H and O–H groups in total. The number of aromatic hydroxyl groups is 2. The highest BCUT2D eigenvalue weighted by molar-refractivity contribution is 6.33. The van der Waals surface area contributed by atoms with Gasteiger partial charge in [0.15, 0.2) is 0 Å². The number of fused-ring (bicyclic) bond motifs is 1. The number of Topliss-reactive ketones (excluding diaryl/α,β-unsaturated/α-hetero) is 1. The lowest BCUT2D eigenvalue weighted by atomic mass is 9.98. The van der Waals surface area contributed by atoms with Gasteiger partial charge in [0.2, 0.25) is 0 Å². The third kappa shape index (κ3) is 4.96. The first-order valence-electron chi connectivity index (χ1n) is 8.10. The minimum Gasteiger partial charge on any atom is -0.507 e. The molecule has 7 heteroatoms. The molecule has 1 aliphatic rings. The van der Waals surface area contributed by atoms with E-state index in [4.69, 9.17) is 16.3 Å². The number of ether oxygens (including phenoxy) is 1. The molecule has 0 saturated heterocycles. The smallest absolute Gasteiger partial charge is 0.342 e. The molecule has 0 aliphatic carbocycles. The Bertz CT molecular complexity index is 697. The summed E-state index contributed by atoms with van der Waals surface area (Å²) in [6.45, 7) is 1.62.